The van der Waals surface area contributed by atoms with Gasteiger partial charge in [0.05, 0.1) is 6.61 Å². The molecule has 2 aromatic carbocycles. The van der Waals surface area contributed by atoms with Crippen molar-refractivity contribution in [2.24, 2.45) is 0 Å². The van der Waals surface area contributed by atoms with Crippen molar-refractivity contribution >= 4 is 12.4 Å². The van der Waals surface area contributed by atoms with Crippen molar-refractivity contribution in [1.82, 2.24) is 4.90 Å². The van der Waals surface area contributed by atoms with Crippen LogP contribution in [0.25, 0.3) is 0 Å². The molecule has 0 N–H and O–H groups in total. The first-order valence-electron chi connectivity index (χ1n) is 11.5. The molecule has 0 spiro atoms. The first kappa shape index (κ1) is 24.6. The van der Waals surface area contributed by atoms with Gasteiger partial charge in [-0.25, -0.2) is 0 Å². The number of likely N-dealkylation sites (tertiary alicyclic amines) is 1. The number of ether oxygens (including phenoxy) is 2. The zero-order chi connectivity index (χ0) is 20.0. The second-order valence-corrected chi connectivity index (χ2v) is 8.12. The quantitative estimate of drug-likeness (QED) is 0.341. The first-order valence-corrected chi connectivity index (χ1v) is 11.5. The lowest BCUT2D eigenvalue weighted by molar-refractivity contribution is 0.275. The van der Waals surface area contributed by atoms with Gasteiger partial charge in [0.2, 0.25) is 0 Å². The Morgan fingerprint density at radius 1 is 0.633 bits per heavy atom. The van der Waals surface area contributed by atoms with Crippen LogP contribution in [0.2, 0.25) is 0 Å². The molecule has 0 unspecified atom stereocenters. The number of benzene rings is 2. The van der Waals surface area contributed by atoms with Crippen LogP contribution < -0.4 is 9.47 Å². The summed E-state index contributed by atoms with van der Waals surface area (Å²) in [5.74, 6) is 1.81. The van der Waals surface area contributed by atoms with Gasteiger partial charge in [-0.3, -0.25) is 0 Å². The van der Waals surface area contributed by atoms with E-state index < -0.39 is 0 Å². The van der Waals surface area contributed by atoms with Crippen molar-refractivity contribution in [2.45, 2.75) is 64.4 Å². The molecule has 166 valence electrons. The Morgan fingerprint density at radius 2 is 1.23 bits per heavy atom. The maximum atomic E-state index is 5.88. The average Bonchev–Trinajstić information content (AvgIpc) is 3.04. The van der Waals surface area contributed by atoms with Gasteiger partial charge in [0.1, 0.15) is 18.1 Å². The minimum absolute atomic E-state index is 0. The first-order chi connectivity index (χ1) is 14.4. The Bertz CT molecular complexity index is 654. The predicted octanol–water partition coefficient (Wildman–Crippen LogP) is 6.89. The maximum Gasteiger partial charge on any atom is 0.120 e. The number of rotatable bonds is 12. The molecule has 4 heteroatoms. The molecule has 3 nitrogen and oxygen atoms in total. The van der Waals surface area contributed by atoms with E-state index >= 15 is 0 Å². The molecule has 30 heavy (non-hydrogen) atoms. The van der Waals surface area contributed by atoms with Gasteiger partial charge in [-0.15, -0.1) is 12.4 Å². The van der Waals surface area contributed by atoms with Gasteiger partial charge < -0.3 is 14.4 Å². The lowest BCUT2D eigenvalue weighted by Gasteiger charge is -2.19. The van der Waals surface area contributed by atoms with Gasteiger partial charge in [-0.2, -0.15) is 0 Å². The van der Waals surface area contributed by atoms with E-state index in [9.17, 15) is 0 Å². The normalized spacial score (nSPS) is 14.5. The van der Waals surface area contributed by atoms with Crippen LogP contribution in [0.4, 0.5) is 0 Å². The van der Waals surface area contributed by atoms with E-state index in [0.717, 1.165) is 24.5 Å². The molecular formula is C26H38ClNO2. The number of nitrogens with zero attached hydrogens (tertiary/aromatic N) is 1. The highest BCUT2D eigenvalue weighted by atomic mass is 35.5. The molecule has 0 aromatic heterocycles. The number of halogens is 1. The molecule has 1 aliphatic rings. The summed E-state index contributed by atoms with van der Waals surface area (Å²) in [6.45, 7) is 5.35. The third-order valence-corrected chi connectivity index (χ3v) is 5.66. The maximum absolute atomic E-state index is 5.88. The Morgan fingerprint density at radius 3 is 1.93 bits per heavy atom. The predicted molar refractivity (Wildman–Crippen MR) is 128 cm³/mol. The number of unbranched alkanes of at least 4 members (excludes halogenated alkanes) is 4. The Balaban J connectivity index is 0.00000320. The van der Waals surface area contributed by atoms with Crippen LogP contribution in [0.3, 0.4) is 0 Å². The third kappa shape index (κ3) is 9.86. The molecule has 0 aliphatic carbocycles. The summed E-state index contributed by atoms with van der Waals surface area (Å²) in [5.41, 5.74) is 1.18. The molecule has 0 saturated carbocycles. The standard InChI is InChI=1S/C26H37NO2.ClH/c1(2-9-19-27-20-10-3-4-11-21-27)5-12-22-28-25-15-17-26(18-16-25)29-23-24-13-7-6-8-14-24;/h6-8,13-18H,1-5,9-12,19-23H2;1H. The lowest BCUT2D eigenvalue weighted by atomic mass is 10.1. The molecule has 0 bridgehead atoms. The summed E-state index contributed by atoms with van der Waals surface area (Å²) >= 11 is 0. The fourth-order valence-electron chi connectivity index (χ4n) is 3.89. The highest BCUT2D eigenvalue weighted by Crippen LogP contribution is 2.19. The van der Waals surface area contributed by atoms with Crippen LogP contribution >= 0.6 is 12.4 Å². The number of hydrogen-bond donors (Lipinski definition) is 0. The Labute approximate surface area is 189 Å². The van der Waals surface area contributed by atoms with E-state index in [1.54, 1.807) is 0 Å². The average molecular weight is 432 g/mol. The van der Waals surface area contributed by atoms with Crippen LogP contribution in [0.5, 0.6) is 11.5 Å². The van der Waals surface area contributed by atoms with E-state index in [2.05, 4.69) is 17.0 Å². The molecule has 0 radical (unpaired) electrons. The van der Waals surface area contributed by atoms with Gasteiger partial charge >= 0.3 is 0 Å². The fraction of sp³-hybridized carbons (Fsp3) is 0.538. The summed E-state index contributed by atoms with van der Waals surface area (Å²) < 4.78 is 11.7. The zero-order valence-electron chi connectivity index (χ0n) is 18.3. The summed E-state index contributed by atoms with van der Waals surface area (Å²) in [7, 11) is 0. The Hall–Kier alpha value is -1.71. The van der Waals surface area contributed by atoms with Crippen LogP contribution in [-0.2, 0) is 6.61 Å². The molecule has 1 aliphatic heterocycles. The Kier molecular flexibility index (Phi) is 12.4. The highest BCUT2D eigenvalue weighted by Gasteiger charge is 2.07. The van der Waals surface area contributed by atoms with E-state index in [-0.39, 0.29) is 12.4 Å². The van der Waals surface area contributed by atoms with E-state index in [1.165, 1.54) is 76.6 Å². The molecular weight excluding hydrogens is 394 g/mol. The monoisotopic (exact) mass is 431 g/mol. The van der Waals surface area contributed by atoms with Gasteiger partial charge in [0, 0.05) is 0 Å². The molecule has 3 rings (SSSR count). The van der Waals surface area contributed by atoms with E-state index in [4.69, 9.17) is 9.47 Å². The molecule has 1 heterocycles. The van der Waals surface area contributed by atoms with Crippen LogP contribution in [0.15, 0.2) is 54.6 Å². The van der Waals surface area contributed by atoms with Crippen molar-refractivity contribution in [1.29, 1.82) is 0 Å². The van der Waals surface area contributed by atoms with Crippen molar-refractivity contribution in [2.75, 3.05) is 26.2 Å². The van der Waals surface area contributed by atoms with Crippen LogP contribution in [-0.4, -0.2) is 31.1 Å². The van der Waals surface area contributed by atoms with Crippen molar-refractivity contribution in [3.63, 3.8) is 0 Å². The summed E-state index contributed by atoms with van der Waals surface area (Å²) in [6, 6.07) is 18.2. The van der Waals surface area contributed by atoms with Crippen molar-refractivity contribution < 1.29 is 9.47 Å². The second kappa shape index (κ2) is 15.1. The fourth-order valence-corrected chi connectivity index (χ4v) is 3.89. The summed E-state index contributed by atoms with van der Waals surface area (Å²) in [4.78, 5) is 2.67. The smallest absolute Gasteiger partial charge is 0.120 e. The van der Waals surface area contributed by atoms with Gasteiger partial charge in [-0.05, 0) is 75.1 Å². The van der Waals surface area contributed by atoms with Gasteiger partial charge in [0.15, 0.2) is 0 Å². The minimum atomic E-state index is 0. The zero-order valence-corrected chi connectivity index (χ0v) is 19.1. The lowest BCUT2D eigenvalue weighted by Crippen LogP contribution is -2.25. The molecule has 0 atom stereocenters. The van der Waals surface area contributed by atoms with Gasteiger partial charge in [-0.1, -0.05) is 62.4 Å². The highest BCUT2D eigenvalue weighted by molar-refractivity contribution is 5.85. The van der Waals surface area contributed by atoms with Crippen LogP contribution in [0, 0.1) is 0 Å². The second-order valence-electron chi connectivity index (χ2n) is 8.12. The van der Waals surface area contributed by atoms with E-state index in [0.29, 0.717) is 6.61 Å². The van der Waals surface area contributed by atoms with Crippen molar-refractivity contribution in [3.05, 3.63) is 60.2 Å². The topological polar surface area (TPSA) is 21.7 Å². The molecule has 1 fully saturated rings. The summed E-state index contributed by atoms with van der Waals surface area (Å²) in [5, 5.41) is 0. The number of hydrogen-bond acceptors (Lipinski definition) is 3. The third-order valence-electron chi connectivity index (χ3n) is 5.66. The molecule has 2 aromatic rings. The largest absolute Gasteiger partial charge is 0.494 e. The van der Waals surface area contributed by atoms with Crippen molar-refractivity contribution in [3.8, 4) is 11.5 Å². The molecule has 1 saturated heterocycles. The van der Waals surface area contributed by atoms with Gasteiger partial charge in [0.25, 0.3) is 0 Å². The SMILES string of the molecule is Cl.c1ccc(COc2ccc(OCCCCCCCN3CCCCCC3)cc2)cc1. The minimum Gasteiger partial charge on any atom is -0.494 e. The molecule has 0 amide bonds. The summed E-state index contributed by atoms with van der Waals surface area (Å²) in [6.07, 6.45) is 12.1. The van der Waals surface area contributed by atoms with E-state index in [1.807, 2.05) is 42.5 Å². The van der Waals surface area contributed by atoms with Crippen LogP contribution in [0.1, 0.15) is 63.4 Å².